The second-order valence-corrected chi connectivity index (χ2v) is 6.32. The predicted octanol–water partition coefficient (Wildman–Crippen LogP) is 1.95. The number of anilines is 1. The van der Waals surface area contributed by atoms with Crippen molar-refractivity contribution in [3.8, 4) is 0 Å². The van der Waals surface area contributed by atoms with Gasteiger partial charge in [0, 0.05) is 30.9 Å². The fraction of sp³-hybridized carbons (Fsp3) is 0.625. The van der Waals surface area contributed by atoms with E-state index in [0.717, 1.165) is 25.2 Å². The van der Waals surface area contributed by atoms with Crippen LogP contribution >= 0.6 is 0 Å². The first-order valence-electron chi connectivity index (χ1n) is 7.61. The van der Waals surface area contributed by atoms with E-state index in [4.69, 9.17) is 5.73 Å². The number of likely N-dealkylation sites (N-methyl/N-ethyl adjacent to an activating group) is 2. The van der Waals surface area contributed by atoms with Gasteiger partial charge in [0.15, 0.2) is 0 Å². The quantitative estimate of drug-likeness (QED) is 0.920. The van der Waals surface area contributed by atoms with E-state index in [1.807, 2.05) is 27.0 Å². The summed E-state index contributed by atoms with van der Waals surface area (Å²) in [5, 5.41) is 0. The number of rotatable bonds is 4. The van der Waals surface area contributed by atoms with Gasteiger partial charge in [-0.25, -0.2) is 4.98 Å². The molecular formula is C16H26N4O. The van der Waals surface area contributed by atoms with E-state index in [-0.39, 0.29) is 11.8 Å². The lowest BCUT2D eigenvalue weighted by molar-refractivity contribution is 0.0761. The Balaban J connectivity index is 2.11. The molecule has 1 unspecified atom stereocenters. The van der Waals surface area contributed by atoms with Gasteiger partial charge in [-0.15, -0.1) is 0 Å². The number of aromatic nitrogens is 1. The lowest BCUT2D eigenvalue weighted by Crippen LogP contribution is -2.39. The third-order valence-corrected chi connectivity index (χ3v) is 4.21. The Morgan fingerprint density at radius 1 is 1.52 bits per heavy atom. The molecular weight excluding hydrogens is 264 g/mol. The first kappa shape index (κ1) is 15.8. The third kappa shape index (κ3) is 3.73. The second kappa shape index (κ2) is 6.43. The minimum absolute atomic E-state index is 0.0197. The van der Waals surface area contributed by atoms with Gasteiger partial charge in [-0.1, -0.05) is 13.8 Å². The Morgan fingerprint density at radius 2 is 2.24 bits per heavy atom. The zero-order chi connectivity index (χ0) is 15.6. The van der Waals surface area contributed by atoms with Crippen molar-refractivity contribution in [2.45, 2.75) is 38.6 Å². The Kier molecular flexibility index (Phi) is 4.83. The van der Waals surface area contributed by atoms with Crippen LogP contribution in [0.3, 0.4) is 0 Å². The normalized spacial score (nSPS) is 19.2. The summed E-state index contributed by atoms with van der Waals surface area (Å²) in [6.07, 6.45) is 2.37. The number of pyridine rings is 1. The summed E-state index contributed by atoms with van der Waals surface area (Å²) in [6.45, 7) is 5.97. The van der Waals surface area contributed by atoms with E-state index in [1.54, 1.807) is 11.0 Å². The van der Waals surface area contributed by atoms with E-state index >= 15 is 0 Å². The highest BCUT2D eigenvalue weighted by molar-refractivity contribution is 5.94. The highest BCUT2D eigenvalue weighted by Gasteiger charge is 2.24. The summed E-state index contributed by atoms with van der Waals surface area (Å²) in [6, 6.07) is 3.99. The van der Waals surface area contributed by atoms with Gasteiger partial charge in [0.2, 0.25) is 0 Å². The van der Waals surface area contributed by atoms with Gasteiger partial charge in [0.1, 0.15) is 5.82 Å². The average Bonchev–Trinajstić information content (AvgIpc) is 2.82. The van der Waals surface area contributed by atoms with Gasteiger partial charge in [-0.2, -0.15) is 0 Å². The van der Waals surface area contributed by atoms with Crippen LogP contribution in [-0.4, -0.2) is 53.9 Å². The number of nitrogens with zero attached hydrogens (tertiary/aromatic N) is 3. The van der Waals surface area contributed by atoms with Crippen LogP contribution in [0.5, 0.6) is 0 Å². The summed E-state index contributed by atoms with van der Waals surface area (Å²) in [7, 11) is 3.98. The molecule has 1 aromatic heterocycles. The van der Waals surface area contributed by atoms with Crippen LogP contribution in [-0.2, 0) is 0 Å². The van der Waals surface area contributed by atoms with Crippen LogP contribution < -0.4 is 5.73 Å². The van der Waals surface area contributed by atoms with E-state index in [1.165, 1.54) is 6.42 Å². The van der Waals surface area contributed by atoms with Crippen molar-refractivity contribution in [2.24, 2.45) is 0 Å². The molecule has 1 aromatic rings. The van der Waals surface area contributed by atoms with Gasteiger partial charge in [0.25, 0.3) is 5.91 Å². The van der Waals surface area contributed by atoms with Crippen molar-refractivity contribution in [1.29, 1.82) is 0 Å². The highest BCUT2D eigenvalue weighted by Crippen LogP contribution is 2.19. The molecule has 1 atom stereocenters. The van der Waals surface area contributed by atoms with E-state index in [2.05, 4.69) is 16.9 Å². The van der Waals surface area contributed by atoms with Crippen LogP contribution in [0.15, 0.2) is 12.1 Å². The Morgan fingerprint density at radius 3 is 2.81 bits per heavy atom. The molecule has 0 spiro atoms. The largest absolute Gasteiger partial charge is 0.384 e. The summed E-state index contributed by atoms with van der Waals surface area (Å²) < 4.78 is 0. The molecule has 0 aliphatic carbocycles. The molecule has 2 rings (SSSR count). The molecule has 2 N–H and O–H groups in total. The molecule has 1 aliphatic heterocycles. The number of hydrogen-bond acceptors (Lipinski definition) is 4. The number of carbonyl (C=O) groups is 1. The molecule has 0 saturated carbocycles. The first-order valence-corrected chi connectivity index (χ1v) is 7.61. The summed E-state index contributed by atoms with van der Waals surface area (Å²) in [5.74, 6) is 0.688. The zero-order valence-electron chi connectivity index (χ0n) is 13.5. The zero-order valence-corrected chi connectivity index (χ0v) is 13.5. The molecule has 1 aliphatic rings. The molecule has 116 valence electrons. The topological polar surface area (TPSA) is 62.5 Å². The summed E-state index contributed by atoms with van der Waals surface area (Å²) >= 11 is 0. The monoisotopic (exact) mass is 290 g/mol. The van der Waals surface area contributed by atoms with Crippen LogP contribution in [0.2, 0.25) is 0 Å². The molecule has 1 saturated heterocycles. The molecule has 21 heavy (non-hydrogen) atoms. The molecule has 5 heteroatoms. The fourth-order valence-corrected chi connectivity index (χ4v) is 2.82. The molecule has 1 amide bonds. The maximum atomic E-state index is 12.6. The van der Waals surface area contributed by atoms with Crippen molar-refractivity contribution in [3.05, 3.63) is 23.4 Å². The Labute approximate surface area is 127 Å². The molecule has 0 bridgehead atoms. The van der Waals surface area contributed by atoms with Crippen molar-refractivity contribution < 1.29 is 4.79 Å². The first-order chi connectivity index (χ1) is 9.88. The van der Waals surface area contributed by atoms with E-state index in [0.29, 0.717) is 17.4 Å². The van der Waals surface area contributed by atoms with Gasteiger partial charge in [0.05, 0.1) is 0 Å². The maximum Gasteiger partial charge on any atom is 0.253 e. The number of carbonyl (C=O) groups excluding carboxylic acids is 1. The SMILES string of the molecule is CC(C)c1cc(C(=O)N(C)CC2CCCN2C)cc(N)n1. The number of amides is 1. The second-order valence-electron chi connectivity index (χ2n) is 6.32. The van der Waals surface area contributed by atoms with Crippen LogP contribution in [0.25, 0.3) is 0 Å². The van der Waals surface area contributed by atoms with Crippen LogP contribution in [0.1, 0.15) is 48.7 Å². The fourth-order valence-electron chi connectivity index (χ4n) is 2.82. The van der Waals surface area contributed by atoms with Gasteiger partial charge in [-0.3, -0.25) is 4.79 Å². The van der Waals surface area contributed by atoms with Crippen LogP contribution in [0.4, 0.5) is 5.82 Å². The summed E-state index contributed by atoms with van der Waals surface area (Å²) in [4.78, 5) is 21.0. The maximum absolute atomic E-state index is 12.6. The lowest BCUT2D eigenvalue weighted by Gasteiger charge is -2.26. The third-order valence-electron chi connectivity index (χ3n) is 4.21. The average molecular weight is 290 g/mol. The predicted molar refractivity (Wildman–Crippen MR) is 85.4 cm³/mol. The standard InChI is InChI=1S/C16H26N4O/c1-11(2)14-8-12(9-15(17)18-14)16(21)20(4)10-13-6-5-7-19(13)3/h8-9,11,13H,5-7,10H2,1-4H3,(H2,17,18). The van der Waals surface area contributed by atoms with Gasteiger partial charge >= 0.3 is 0 Å². The minimum atomic E-state index is 0.0197. The Bertz CT molecular complexity index is 515. The van der Waals surface area contributed by atoms with Crippen molar-refractivity contribution >= 4 is 11.7 Å². The molecule has 0 radical (unpaired) electrons. The van der Waals surface area contributed by atoms with Crippen molar-refractivity contribution in [3.63, 3.8) is 0 Å². The van der Waals surface area contributed by atoms with Crippen molar-refractivity contribution in [2.75, 3.05) is 32.9 Å². The molecule has 5 nitrogen and oxygen atoms in total. The molecule has 0 aromatic carbocycles. The smallest absolute Gasteiger partial charge is 0.253 e. The summed E-state index contributed by atoms with van der Waals surface area (Å²) in [5.41, 5.74) is 7.33. The number of nitrogens with two attached hydrogens (primary N) is 1. The highest BCUT2D eigenvalue weighted by atomic mass is 16.2. The molecule has 2 heterocycles. The molecule has 1 fully saturated rings. The number of likely N-dealkylation sites (tertiary alicyclic amines) is 1. The van der Waals surface area contributed by atoms with E-state index in [9.17, 15) is 4.79 Å². The van der Waals surface area contributed by atoms with Gasteiger partial charge < -0.3 is 15.5 Å². The number of nitrogen functional groups attached to an aromatic ring is 1. The Hall–Kier alpha value is -1.62. The van der Waals surface area contributed by atoms with E-state index < -0.39 is 0 Å². The van der Waals surface area contributed by atoms with Gasteiger partial charge in [-0.05, 0) is 44.5 Å². The minimum Gasteiger partial charge on any atom is -0.384 e. The van der Waals surface area contributed by atoms with Crippen molar-refractivity contribution in [1.82, 2.24) is 14.8 Å². The van der Waals surface area contributed by atoms with Crippen LogP contribution in [0, 0.1) is 0 Å². The lowest BCUT2D eigenvalue weighted by atomic mass is 10.1. The number of hydrogen-bond donors (Lipinski definition) is 1.